The lowest BCUT2D eigenvalue weighted by Gasteiger charge is -2.19. The minimum Gasteiger partial charge on any atom is -0.428 e. The van der Waals surface area contributed by atoms with E-state index in [0.29, 0.717) is 5.69 Å². The first-order valence-electron chi connectivity index (χ1n) is 6.88. The zero-order valence-electron chi connectivity index (χ0n) is 13.4. The van der Waals surface area contributed by atoms with Gasteiger partial charge in [-0.25, -0.2) is 9.78 Å². The van der Waals surface area contributed by atoms with Gasteiger partial charge in [-0.05, 0) is 26.7 Å². The summed E-state index contributed by atoms with van der Waals surface area (Å²) in [4.78, 5) is 20.5. The minimum atomic E-state index is -0.755. The zero-order valence-corrected chi connectivity index (χ0v) is 13.4. The van der Waals surface area contributed by atoms with Crippen molar-refractivity contribution in [2.45, 2.75) is 65.9 Å². The predicted octanol–water partition coefficient (Wildman–Crippen LogP) is 4.04. The number of hydrogen-bond acceptors (Lipinski definition) is 5. The van der Waals surface area contributed by atoms with Crippen LogP contribution in [0.3, 0.4) is 0 Å². The Hall–Kier alpha value is -1.65. The van der Waals surface area contributed by atoms with E-state index in [-0.39, 0.29) is 17.7 Å². The molecule has 0 saturated heterocycles. The molecule has 0 fully saturated rings. The van der Waals surface area contributed by atoms with Gasteiger partial charge in [0.2, 0.25) is 5.88 Å². The van der Waals surface area contributed by atoms with Crippen molar-refractivity contribution in [3.8, 4) is 5.88 Å². The quantitative estimate of drug-likeness (QED) is 0.782. The standard InChI is InChI=1S/C15H24N2O3/c1-9(2)11-8-16-12(10(3)4)13(17-11)19-14(18)20-15(5,6)7/h8-10H,1-7H3. The highest BCUT2D eigenvalue weighted by Crippen LogP contribution is 2.25. The van der Waals surface area contributed by atoms with Crippen molar-refractivity contribution in [2.75, 3.05) is 0 Å². The normalized spacial score (nSPS) is 11.8. The van der Waals surface area contributed by atoms with Crippen LogP contribution in [0.25, 0.3) is 0 Å². The van der Waals surface area contributed by atoms with Crippen LogP contribution in [0.2, 0.25) is 0 Å². The van der Waals surface area contributed by atoms with E-state index in [9.17, 15) is 4.79 Å². The Balaban J connectivity index is 3.01. The molecule has 1 aromatic rings. The highest BCUT2D eigenvalue weighted by Gasteiger charge is 2.22. The van der Waals surface area contributed by atoms with E-state index in [1.54, 1.807) is 27.0 Å². The molecule has 0 bridgehead atoms. The van der Waals surface area contributed by atoms with Gasteiger partial charge in [0.15, 0.2) is 0 Å². The van der Waals surface area contributed by atoms with Crippen molar-refractivity contribution < 1.29 is 14.3 Å². The molecule has 1 heterocycles. The second kappa shape index (κ2) is 6.20. The van der Waals surface area contributed by atoms with Crippen LogP contribution in [0.1, 0.15) is 71.7 Å². The minimum absolute atomic E-state index is 0.112. The summed E-state index contributed by atoms with van der Waals surface area (Å²) in [6, 6.07) is 0. The molecule has 0 aromatic carbocycles. The fourth-order valence-corrected chi connectivity index (χ4v) is 1.49. The van der Waals surface area contributed by atoms with Gasteiger partial charge in [-0.1, -0.05) is 27.7 Å². The Kier molecular flexibility index (Phi) is 5.09. The number of carbonyl (C=O) groups excluding carboxylic acids is 1. The van der Waals surface area contributed by atoms with Crippen LogP contribution in [-0.2, 0) is 4.74 Å². The second-order valence-corrected chi connectivity index (χ2v) is 6.36. The van der Waals surface area contributed by atoms with Crippen molar-refractivity contribution in [2.24, 2.45) is 0 Å². The Morgan fingerprint density at radius 3 is 2.20 bits per heavy atom. The molecule has 20 heavy (non-hydrogen) atoms. The van der Waals surface area contributed by atoms with Crippen LogP contribution in [0, 0.1) is 0 Å². The van der Waals surface area contributed by atoms with Crippen molar-refractivity contribution in [3.05, 3.63) is 17.6 Å². The molecule has 112 valence electrons. The predicted molar refractivity (Wildman–Crippen MR) is 77.1 cm³/mol. The summed E-state index contributed by atoms with van der Waals surface area (Å²) < 4.78 is 10.4. The molecular weight excluding hydrogens is 256 g/mol. The molecule has 5 nitrogen and oxygen atoms in total. The first kappa shape index (κ1) is 16.4. The first-order chi connectivity index (χ1) is 9.10. The molecule has 0 saturated carbocycles. The molecule has 0 aliphatic heterocycles. The fourth-order valence-electron chi connectivity index (χ4n) is 1.49. The van der Waals surface area contributed by atoms with Crippen molar-refractivity contribution in [1.82, 2.24) is 9.97 Å². The van der Waals surface area contributed by atoms with Gasteiger partial charge in [0.1, 0.15) is 11.3 Å². The molecule has 0 unspecified atom stereocenters. The second-order valence-electron chi connectivity index (χ2n) is 6.36. The van der Waals surface area contributed by atoms with Gasteiger partial charge in [0, 0.05) is 12.1 Å². The Bertz CT molecular complexity index is 476. The molecule has 0 amide bonds. The van der Waals surface area contributed by atoms with Gasteiger partial charge in [0.05, 0.1) is 5.69 Å². The van der Waals surface area contributed by atoms with Gasteiger partial charge in [-0.2, -0.15) is 0 Å². The van der Waals surface area contributed by atoms with E-state index in [1.807, 2.05) is 27.7 Å². The molecule has 0 radical (unpaired) electrons. The fraction of sp³-hybridized carbons (Fsp3) is 0.667. The lowest BCUT2D eigenvalue weighted by atomic mass is 10.1. The summed E-state index contributed by atoms with van der Waals surface area (Å²) in [5, 5.41) is 0. The smallest absolute Gasteiger partial charge is 0.428 e. The topological polar surface area (TPSA) is 61.3 Å². The molecule has 0 N–H and O–H groups in total. The summed E-state index contributed by atoms with van der Waals surface area (Å²) in [6.45, 7) is 13.3. The summed E-state index contributed by atoms with van der Waals surface area (Å²) in [5.74, 6) is 0.561. The van der Waals surface area contributed by atoms with Crippen molar-refractivity contribution >= 4 is 6.16 Å². The largest absolute Gasteiger partial charge is 0.515 e. The molecular formula is C15H24N2O3. The molecule has 5 heteroatoms. The monoisotopic (exact) mass is 280 g/mol. The lowest BCUT2D eigenvalue weighted by molar-refractivity contribution is 0.0193. The number of aromatic nitrogens is 2. The molecule has 0 atom stereocenters. The Labute approximate surface area is 120 Å². The highest BCUT2D eigenvalue weighted by atomic mass is 16.7. The third kappa shape index (κ3) is 4.79. The lowest BCUT2D eigenvalue weighted by Crippen LogP contribution is -2.26. The maximum atomic E-state index is 11.8. The summed E-state index contributed by atoms with van der Waals surface area (Å²) in [6.07, 6.45) is 0.969. The first-order valence-corrected chi connectivity index (χ1v) is 6.88. The SMILES string of the molecule is CC(C)c1cnc(C(C)C)c(OC(=O)OC(C)(C)C)n1. The van der Waals surface area contributed by atoms with E-state index in [4.69, 9.17) is 9.47 Å². The van der Waals surface area contributed by atoms with E-state index in [1.165, 1.54) is 0 Å². The highest BCUT2D eigenvalue weighted by molar-refractivity contribution is 5.64. The maximum Gasteiger partial charge on any atom is 0.515 e. The van der Waals surface area contributed by atoms with Crippen molar-refractivity contribution in [1.29, 1.82) is 0 Å². The average molecular weight is 280 g/mol. The molecule has 1 rings (SSSR count). The average Bonchev–Trinajstić information content (AvgIpc) is 2.25. The molecule has 0 aliphatic carbocycles. The molecule has 0 spiro atoms. The summed E-state index contributed by atoms with van der Waals surface area (Å²) in [7, 11) is 0. The number of rotatable bonds is 3. The zero-order chi connectivity index (χ0) is 15.5. The van der Waals surface area contributed by atoms with Crippen LogP contribution >= 0.6 is 0 Å². The van der Waals surface area contributed by atoms with Crippen LogP contribution in [-0.4, -0.2) is 21.7 Å². The van der Waals surface area contributed by atoms with Crippen LogP contribution in [0.15, 0.2) is 6.20 Å². The molecule has 1 aromatic heterocycles. The Morgan fingerprint density at radius 2 is 1.75 bits per heavy atom. The van der Waals surface area contributed by atoms with Crippen LogP contribution in [0.4, 0.5) is 4.79 Å². The number of carbonyl (C=O) groups is 1. The summed E-state index contributed by atoms with van der Waals surface area (Å²) in [5.41, 5.74) is 0.839. The van der Waals surface area contributed by atoms with Gasteiger partial charge in [-0.3, -0.25) is 4.98 Å². The third-order valence-electron chi connectivity index (χ3n) is 2.49. The maximum absolute atomic E-state index is 11.8. The number of hydrogen-bond donors (Lipinski definition) is 0. The van der Waals surface area contributed by atoms with Gasteiger partial charge < -0.3 is 9.47 Å². The number of ether oxygens (including phenoxy) is 2. The Morgan fingerprint density at radius 1 is 1.15 bits per heavy atom. The van der Waals surface area contributed by atoms with E-state index < -0.39 is 11.8 Å². The third-order valence-corrected chi connectivity index (χ3v) is 2.49. The number of nitrogens with zero attached hydrogens (tertiary/aromatic N) is 2. The van der Waals surface area contributed by atoms with Gasteiger partial charge in [-0.15, -0.1) is 0 Å². The van der Waals surface area contributed by atoms with Gasteiger partial charge in [0.25, 0.3) is 0 Å². The van der Waals surface area contributed by atoms with Crippen LogP contribution in [0.5, 0.6) is 5.88 Å². The van der Waals surface area contributed by atoms with Crippen LogP contribution < -0.4 is 4.74 Å². The van der Waals surface area contributed by atoms with Crippen molar-refractivity contribution in [3.63, 3.8) is 0 Å². The summed E-state index contributed by atoms with van der Waals surface area (Å²) >= 11 is 0. The van der Waals surface area contributed by atoms with E-state index in [0.717, 1.165) is 5.69 Å². The van der Waals surface area contributed by atoms with Gasteiger partial charge >= 0.3 is 6.16 Å². The van der Waals surface area contributed by atoms with E-state index >= 15 is 0 Å². The molecule has 0 aliphatic rings. The van der Waals surface area contributed by atoms with E-state index in [2.05, 4.69) is 9.97 Å².